The molecule has 2 aliphatic rings. The number of amides is 2. The number of rotatable bonds is 1. The fraction of sp³-hybridized carbons (Fsp3) is 0.435. The van der Waals surface area contributed by atoms with Crippen molar-refractivity contribution in [3.63, 3.8) is 0 Å². The summed E-state index contributed by atoms with van der Waals surface area (Å²) < 4.78 is 5.34. The van der Waals surface area contributed by atoms with Crippen LogP contribution in [0.4, 0.5) is 10.5 Å². The third-order valence-electron chi connectivity index (χ3n) is 6.01. The number of nitrogens with zero attached hydrogens (tertiary/aromatic N) is 2. The number of imide groups is 1. The van der Waals surface area contributed by atoms with E-state index < -0.39 is 16.2 Å². The third-order valence-corrected chi connectivity index (χ3v) is 6.22. The number of para-hydroxylation sites is 1. The van der Waals surface area contributed by atoms with E-state index in [0.29, 0.717) is 17.8 Å². The summed E-state index contributed by atoms with van der Waals surface area (Å²) in [4.78, 5) is 31.7. The van der Waals surface area contributed by atoms with E-state index in [0.717, 1.165) is 31.5 Å². The first-order valence-corrected chi connectivity index (χ1v) is 10.6. The van der Waals surface area contributed by atoms with Crippen LogP contribution < -0.4 is 9.80 Å². The summed E-state index contributed by atoms with van der Waals surface area (Å²) in [6, 6.07) is 10.9. The van der Waals surface area contributed by atoms with Gasteiger partial charge in [-0.25, -0.2) is 9.78 Å². The molecule has 0 bridgehead atoms. The van der Waals surface area contributed by atoms with Gasteiger partial charge in [-0.3, -0.25) is 0 Å². The molecule has 0 saturated carbocycles. The number of carbonyl (C=O) groups excluding carboxylic acids is 2. The molecule has 158 valence electrons. The molecule has 4 rings (SSSR count). The van der Waals surface area contributed by atoms with Crippen molar-refractivity contribution < 1.29 is 14.3 Å². The van der Waals surface area contributed by atoms with E-state index >= 15 is 0 Å². The monoisotopic (exact) mass is 428 g/mol. The Morgan fingerprint density at radius 3 is 2.53 bits per heavy atom. The summed E-state index contributed by atoms with van der Waals surface area (Å²) in [7, 11) is 0. The van der Waals surface area contributed by atoms with Crippen molar-refractivity contribution in [3.8, 4) is 0 Å². The molecule has 1 aromatic carbocycles. The van der Waals surface area contributed by atoms with Crippen molar-refractivity contribution in [2.24, 2.45) is 0 Å². The van der Waals surface area contributed by atoms with E-state index in [1.54, 1.807) is 6.07 Å². The number of fused-ring (bicyclic) bond motifs is 2. The smallest absolute Gasteiger partial charge is 0.414 e. The number of ether oxygens (including phenoxy) is 1. The maximum Gasteiger partial charge on any atom is 0.529 e. The molecule has 30 heavy (non-hydrogen) atoms. The van der Waals surface area contributed by atoms with Crippen LogP contribution in [0.1, 0.15) is 49.5 Å². The zero-order chi connectivity index (χ0) is 21.6. The number of piperidine rings is 1. The molecule has 7 heteroatoms. The van der Waals surface area contributed by atoms with Gasteiger partial charge in [0.05, 0.1) is 11.0 Å². The van der Waals surface area contributed by atoms with Gasteiger partial charge < -0.3 is 10.1 Å². The van der Waals surface area contributed by atoms with Gasteiger partial charge in [0.25, 0.3) is 0 Å². The van der Waals surface area contributed by atoms with Crippen molar-refractivity contribution >= 4 is 29.3 Å². The summed E-state index contributed by atoms with van der Waals surface area (Å²) in [5, 5.41) is 3.61. The molecule has 2 aromatic rings. The average molecular weight is 429 g/mol. The minimum atomic E-state index is -0.725. The Morgan fingerprint density at radius 2 is 1.87 bits per heavy atom. The number of aromatic nitrogens is 1. The van der Waals surface area contributed by atoms with Crippen LogP contribution in [0.3, 0.4) is 0 Å². The van der Waals surface area contributed by atoms with Gasteiger partial charge in [0.2, 0.25) is 0 Å². The van der Waals surface area contributed by atoms with E-state index in [-0.39, 0.29) is 16.5 Å². The molecule has 3 heterocycles. The minimum absolute atomic E-state index is 0.215. The summed E-state index contributed by atoms with van der Waals surface area (Å²) >= 11 is 6.07. The van der Waals surface area contributed by atoms with Gasteiger partial charge in [-0.05, 0) is 58.8 Å². The molecular weight excluding hydrogens is 402 g/mol. The number of pyridine rings is 1. The average Bonchev–Trinajstić information content (AvgIpc) is 2.98. The zero-order valence-electron chi connectivity index (χ0n) is 17.6. The molecular formula is C23H27ClN3O3+. The highest BCUT2D eigenvalue weighted by molar-refractivity contribution is 6.30. The first-order chi connectivity index (χ1) is 14.2. The SMILES string of the molecule is CC(C)(C)OC(=O)[N+]1(C(=O)c2ccnc(Cl)c2)CC2(CCNCC2)c2ccccc21. The van der Waals surface area contributed by atoms with E-state index in [1.807, 2.05) is 39.0 Å². The Hall–Kier alpha value is -2.28. The van der Waals surface area contributed by atoms with Gasteiger partial charge in [0.1, 0.15) is 17.3 Å². The van der Waals surface area contributed by atoms with E-state index in [9.17, 15) is 9.59 Å². The van der Waals surface area contributed by atoms with Gasteiger partial charge in [-0.1, -0.05) is 29.8 Å². The highest BCUT2D eigenvalue weighted by atomic mass is 35.5. The summed E-state index contributed by atoms with van der Waals surface area (Å²) in [6.45, 7) is 7.49. The van der Waals surface area contributed by atoms with Crippen molar-refractivity contribution in [2.75, 3.05) is 19.6 Å². The van der Waals surface area contributed by atoms with E-state index in [2.05, 4.69) is 16.4 Å². The number of quaternary nitrogens is 1. The molecule has 1 saturated heterocycles. The van der Waals surface area contributed by atoms with Gasteiger partial charge in [-0.2, -0.15) is 4.79 Å². The maximum absolute atomic E-state index is 14.0. The van der Waals surface area contributed by atoms with Crippen molar-refractivity contribution in [1.82, 2.24) is 14.8 Å². The standard InChI is InChI=1S/C23H27ClN3O3/c1-22(2,3)30-21(29)27(20(28)16-8-11-26-19(24)14-16)15-23(9-12-25-13-10-23)17-6-4-5-7-18(17)27/h4-8,11,14,25H,9-10,12-13,15H2,1-3H3/q+1. The Balaban J connectivity index is 1.92. The fourth-order valence-electron chi connectivity index (χ4n) is 4.73. The molecule has 1 spiro atoms. The molecule has 2 aliphatic heterocycles. The number of halogens is 1. The molecule has 2 amide bonds. The first-order valence-electron chi connectivity index (χ1n) is 10.3. The Kier molecular flexibility index (Phi) is 5.21. The second kappa shape index (κ2) is 7.45. The van der Waals surface area contributed by atoms with Gasteiger partial charge in [-0.15, -0.1) is 4.48 Å². The van der Waals surface area contributed by atoms with Crippen LogP contribution >= 0.6 is 11.6 Å². The minimum Gasteiger partial charge on any atom is -0.414 e. The predicted molar refractivity (Wildman–Crippen MR) is 117 cm³/mol. The first kappa shape index (κ1) is 21.0. The molecule has 1 fully saturated rings. The Labute approximate surface area is 181 Å². The maximum atomic E-state index is 14.0. The van der Waals surface area contributed by atoms with Gasteiger partial charge in [0, 0.05) is 17.8 Å². The topological polar surface area (TPSA) is 68.3 Å². The molecule has 0 aliphatic carbocycles. The predicted octanol–water partition coefficient (Wildman–Crippen LogP) is 4.45. The van der Waals surface area contributed by atoms with Crippen LogP contribution in [0.25, 0.3) is 0 Å². The lowest BCUT2D eigenvalue weighted by Gasteiger charge is -2.36. The molecule has 1 N–H and O–H groups in total. The van der Waals surface area contributed by atoms with Crippen LogP contribution in [-0.4, -0.2) is 42.2 Å². The van der Waals surface area contributed by atoms with Crippen LogP contribution in [0, 0.1) is 0 Å². The third kappa shape index (κ3) is 3.43. The molecule has 1 unspecified atom stereocenters. The highest BCUT2D eigenvalue weighted by Crippen LogP contribution is 2.51. The van der Waals surface area contributed by atoms with Crippen molar-refractivity contribution in [3.05, 3.63) is 58.9 Å². The quantitative estimate of drug-likeness (QED) is 0.536. The normalized spacial score (nSPS) is 22.5. The van der Waals surface area contributed by atoms with Gasteiger partial charge >= 0.3 is 12.0 Å². The van der Waals surface area contributed by atoms with E-state index in [4.69, 9.17) is 16.3 Å². The molecule has 6 nitrogen and oxygen atoms in total. The van der Waals surface area contributed by atoms with E-state index in [1.165, 1.54) is 12.3 Å². The Morgan fingerprint density at radius 1 is 1.17 bits per heavy atom. The molecule has 0 radical (unpaired) electrons. The van der Waals surface area contributed by atoms with Crippen molar-refractivity contribution in [2.45, 2.75) is 44.6 Å². The van der Waals surface area contributed by atoms with Crippen LogP contribution in [0.2, 0.25) is 5.15 Å². The Bertz CT molecular complexity index is 995. The lowest BCUT2D eigenvalue weighted by Crippen LogP contribution is -2.61. The number of benzene rings is 1. The second-order valence-electron chi connectivity index (χ2n) is 9.17. The van der Waals surface area contributed by atoms with Crippen molar-refractivity contribution in [1.29, 1.82) is 0 Å². The number of carbonyl (C=O) groups is 2. The van der Waals surface area contributed by atoms with Crippen LogP contribution in [0.15, 0.2) is 42.6 Å². The lowest BCUT2D eigenvalue weighted by molar-refractivity contribution is 0.0234. The van der Waals surface area contributed by atoms with Crippen LogP contribution in [0.5, 0.6) is 0 Å². The lowest BCUT2D eigenvalue weighted by atomic mass is 9.75. The number of nitrogens with one attached hydrogen (secondary N) is 1. The van der Waals surface area contributed by atoms with Gasteiger partial charge in [0.15, 0.2) is 5.69 Å². The largest absolute Gasteiger partial charge is 0.529 e. The summed E-state index contributed by atoms with van der Waals surface area (Å²) in [5.74, 6) is -0.337. The highest BCUT2D eigenvalue weighted by Gasteiger charge is 2.63. The summed E-state index contributed by atoms with van der Waals surface area (Å²) in [5.41, 5.74) is 1.13. The molecule has 1 atom stereocenters. The fourth-order valence-corrected chi connectivity index (χ4v) is 4.91. The summed E-state index contributed by atoms with van der Waals surface area (Å²) in [6.07, 6.45) is 2.65. The molecule has 1 aromatic heterocycles. The van der Waals surface area contributed by atoms with Crippen LogP contribution in [-0.2, 0) is 10.2 Å². The number of hydrogen-bond donors (Lipinski definition) is 1. The zero-order valence-corrected chi connectivity index (χ0v) is 18.3. The number of hydrogen-bond acceptors (Lipinski definition) is 5. The second-order valence-corrected chi connectivity index (χ2v) is 9.56.